The van der Waals surface area contributed by atoms with E-state index in [1.54, 1.807) is 12.1 Å². The Balaban J connectivity index is 2.04. The Kier molecular flexibility index (Phi) is 5.92. The number of benzene rings is 1. The van der Waals surface area contributed by atoms with Crippen LogP contribution in [0.15, 0.2) is 24.3 Å². The minimum atomic E-state index is 0.347. The zero-order valence-electron chi connectivity index (χ0n) is 11.6. The molecule has 4 heteroatoms. The predicted molar refractivity (Wildman–Crippen MR) is 87.4 cm³/mol. The van der Waals surface area contributed by atoms with Gasteiger partial charge in [0.25, 0.3) is 0 Å². The average Bonchev–Trinajstić information content (AvgIpc) is 2.41. The summed E-state index contributed by atoms with van der Waals surface area (Å²) in [4.78, 5) is 0. The van der Waals surface area contributed by atoms with E-state index in [2.05, 4.69) is 42.7 Å². The van der Waals surface area contributed by atoms with Crippen LogP contribution < -0.4 is 5.32 Å². The molecule has 0 aromatic heterocycles. The molecule has 1 aromatic rings. The third-order valence-corrected chi connectivity index (χ3v) is 6.74. The van der Waals surface area contributed by atoms with Crippen molar-refractivity contribution in [2.24, 2.45) is 0 Å². The Morgan fingerprint density at radius 3 is 2.58 bits per heavy atom. The van der Waals surface area contributed by atoms with Gasteiger partial charge >= 0.3 is 0 Å². The predicted octanol–water partition coefficient (Wildman–Crippen LogP) is 3.15. The number of aromatic hydroxyl groups is 1. The van der Waals surface area contributed by atoms with Crippen molar-refractivity contribution in [2.75, 3.05) is 18.1 Å². The number of hydrogen-bond donors (Lipinski definition) is 2. The Hall–Kier alpha value is -0.320. The lowest BCUT2D eigenvalue weighted by Crippen LogP contribution is -2.45. The first-order chi connectivity index (χ1) is 9.20. The van der Waals surface area contributed by atoms with Crippen LogP contribution in [0.25, 0.3) is 0 Å². The summed E-state index contributed by atoms with van der Waals surface area (Å²) in [5, 5.41) is 14.4. The molecular weight excluding hydrogens is 274 g/mol. The molecule has 2 N–H and O–H groups in total. The Labute approximate surface area is 124 Å². The lowest BCUT2D eigenvalue weighted by Gasteiger charge is -2.35. The van der Waals surface area contributed by atoms with Crippen molar-refractivity contribution in [3.05, 3.63) is 29.8 Å². The largest absolute Gasteiger partial charge is 0.508 e. The van der Waals surface area contributed by atoms with Crippen LogP contribution in [0.4, 0.5) is 0 Å². The highest BCUT2D eigenvalue weighted by Crippen LogP contribution is 2.34. The van der Waals surface area contributed by atoms with Crippen LogP contribution in [0, 0.1) is 0 Å². The first-order valence-electron chi connectivity index (χ1n) is 6.95. The topological polar surface area (TPSA) is 32.3 Å². The van der Waals surface area contributed by atoms with Crippen LogP contribution in [-0.2, 0) is 6.42 Å². The summed E-state index contributed by atoms with van der Waals surface area (Å²) in [6, 6.07) is 8.15. The fraction of sp³-hybridized carbons (Fsp3) is 0.600. The van der Waals surface area contributed by atoms with Gasteiger partial charge in [-0.2, -0.15) is 23.5 Å². The highest BCUT2D eigenvalue weighted by Gasteiger charge is 2.29. The Bertz CT molecular complexity index is 382. The van der Waals surface area contributed by atoms with Gasteiger partial charge in [-0.05, 0) is 30.7 Å². The second-order valence-electron chi connectivity index (χ2n) is 4.95. The van der Waals surface area contributed by atoms with Gasteiger partial charge < -0.3 is 10.4 Å². The van der Waals surface area contributed by atoms with Gasteiger partial charge in [-0.3, -0.25) is 0 Å². The van der Waals surface area contributed by atoms with Crippen molar-refractivity contribution in [3.8, 4) is 5.75 Å². The van der Waals surface area contributed by atoms with Crippen molar-refractivity contribution < 1.29 is 5.11 Å². The van der Waals surface area contributed by atoms with Gasteiger partial charge in [0.05, 0.1) is 0 Å². The Morgan fingerprint density at radius 1 is 1.26 bits per heavy atom. The van der Waals surface area contributed by atoms with E-state index in [0.29, 0.717) is 22.3 Å². The summed E-state index contributed by atoms with van der Waals surface area (Å²) in [5.41, 5.74) is 1.30. The zero-order valence-corrected chi connectivity index (χ0v) is 13.3. The molecule has 1 aliphatic rings. The molecule has 1 aromatic carbocycles. The van der Waals surface area contributed by atoms with E-state index in [1.807, 2.05) is 12.1 Å². The van der Waals surface area contributed by atoms with Gasteiger partial charge in [-0.25, -0.2) is 0 Å². The summed E-state index contributed by atoms with van der Waals surface area (Å²) in [7, 11) is 0. The minimum Gasteiger partial charge on any atom is -0.508 e. The van der Waals surface area contributed by atoms with E-state index in [9.17, 15) is 5.11 Å². The van der Waals surface area contributed by atoms with Crippen molar-refractivity contribution in [1.29, 1.82) is 0 Å². The maximum absolute atomic E-state index is 9.36. The second kappa shape index (κ2) is 7.46. The van der Waals surface area contributed by atoms with Gasteiger partial charge in [0.1, 0.15) is 5.75 Å². The van der Waals surface area contributed by atoms with Gasteiger partial charge in [0.2, 0.25) is 0 Å². The first kappa shape index (κ1) is 15.1. The summed E-state index contributed by atoms with van der Waals surface area (Å²) >= 11 is 4.20. The third-order valence-electron chi connectivity index (χ3n) is 3.49. The van der Waals surface area contributed by atoms with Crippen molar-refractivity contribution in [3.63, 3.8) is 0 Å². The highest BCUT2D eigenvalue weighted by atomic mass is 32.2. The van der Waals surface area contributed by atoms with Crippen LogP contribution in [0.2, 0.25) is 0 Å². The third kappa shape index (κ3) is 4.33. The molecule has 2 rings (SSSR count). The molecule has 0 saturated carbocycles. The minimum absolute atomic E-state index is 0.347. The van der Waals surface area contributed by atoms with Crippen molar-refractivity contribution >= 4 is 23.5 Å². The quantitative estimate of drug-likeness (QED) is 0.874. The maximum Gasteiger partial charge on any atom is 0.115 e. The molecule has 3 unspecified atom stereocenters. The van der Waals surface area contributed by atoms with E-state index >= 15 is 0 Å². The van der Waals surface area contributed by atoms with Gasteiger partial charge in [-0.15, -0.1) is 0 Å². The first-order valence-corrected chi connectivity index (χ1v) is 9.05. The molecule has 0 radical (unpaired) electrons. The molecule has 0 amide bonds. The number of hydrogen-bond acceptors (Lipinski definition) is 4. The molecule has 2 nitrogen and oxygen atoms in total. The van der Waals surface area contributed by atoms with Crippen molar-refractivity contribution in [1.82, 2.24) is 5.32 Å². The van der Waals surface area contributed by atoms with E-state index in [1.165, 1.54) is 17.1 Å². The summed E-state index contributed by atoms with van der Waals surface area (Å²) < 4.78 is 0. The van der Waals surface area contributed by atoms with Crippen molar-refractivity contribution in [2.45, 2.75) is 36.8 Å². The lowest BCUT2D eigenvalue weighted by atomic mass is 10.0. The summed E-state index contributed by atoms with van der Waals surface area (Å²) in [6.45, 7) is 5.54. The normalized spacial score (nSPS) is 25.2. The lowest BCUT2D eigenvalue weighted by molar-refractivity contribution is 0.473. The van der Waals surface area contributed by atoms with Crippen LogP contribution in [0.1, 0.15) is 19.4 Å². The fourth-order valence-corrected chi connectivity index (χ4v) is 5.50. The highest BCUT2D eigenvalue weighted by molar-refractivity contribution is 8.07. The van der Waals surface area contributed by atoms with E-state index < -0.39 is 0 Å². The number of nitrogens with one attached hydrogen (secondary N) is 1. The molecular formula is C15H23NOS2. The van der Waals surface area contributed by atoms with Gasteiger partial charge in [0.15, 0.2) is 0 Å². The zero-order chi connectivity index (χ0) is 13.7. The smallest absolute Gasteiger partial charge is 0.115 e. The SMILES string of the molecule is CCNC(Cc1ccc(O)cc1)C1SCCSC1C. The Morgan fingerprint density at radius 2 is 1.95 bits per heavy atom. The number of rotatable bonds is 5. The van der Waals surface area contributed by atoms with Crippen LogP contribution in [0.5, 0.6) is 5.75 Å². The number of likely N-dealkylation sites (N-methyl/N-ethyl adjacent to an activating group) is 1. The van der Waals surface area contributed by atoms with Crippen LogP contribution in [0.3, 0.4) is 0 Å². The molecule has 106 valence electrons. The molecule has 0 aliphatic carbocycles. The van der Waals surface area contributed by atoms with E-state index in [-0.39, 0.29) is 0 Å². The summed E-state index contributed by atoms with van der Waals surface area (Å²) in [6.07, 6.45) is 1.04. The number of phenols is 1. The molecule has 3 atom stereocenters. The van der Waals surface area contributed by atoms with E-state index in [4.69, 9.17) is 0 Å². The van der Waals surface area contributed by atoms with Gasteiger partial charge in [-0.1, -0.05) is 26.0 Å². The molecule has 19 heavy (non-hydrogen) atoms. The summed E-state index contributed by atoms with van der Waals surface area (Å²) in [5.74, 6) is 2.89. The molecule has 0 bridgehead atoms. The second-order valence-corrected chi connectivity index (χ2v) is 7.72. The molecule has 1 fully saturated rings. The molecule has 1 aliphatic heterocycles. The number of thioether (sulfide) groups is 2. The fourth-order valence-electron chi connectivity index (χ4n) is 2.54. The monoisotopic (exact) mass is 297 g/mol. The van der Waals surface area contributed by atoms with Crippen LogP contribution in [-0.4, -0.2) is 39.7 Å². The molecule has 0 spiro atoms. The standard InChI is InChI=1S/C15H23NOS2/c1-3-16-14(15-11(2)18-8-9-19-15)10-12-4-6-13(17)7-5-12/h4-7,11,14-17H,3,8-10H2,1-2H3. The maximum atomic E-state index is 9.36. The number of phenolic OH excluding ortho intramolecular Hbond substituents is 1. The van der Waals surface area contributed by atoms with E-state index in [0.717, 1.165) is 13.0 Å². The molecule has 1 saturated heterocycles. The average molecular weight is 297 g/mol. The molecule has 1 heterocycles. The van der Waals surface area contributed by atoms with Gasteiger partial charge in [0, 0.05) is 28.0 Å². The van der Waals surface area contributed by atoms with Crippen LogP contribution >= 0.6 is 23.5 Å².